The van der Waals surface area contributed by atoms with Crippen molar-refractivity contribution in [1.29, 1.82) is 0 Å². The van der Waals surface area contributed by atoms with Gasteiger partial charge in [0.2, 0.25) is 21.8 Å². The number of pyridine rings is 1. The summed E-state index contributed by atoms with van der Waals surface area (Å²) < 4.78 is 27.6. The van der Waals surface area contributed by atoms with Gasteiger partial charge in [0.05, 0.1) is 12.1 Å². The molecule has 1 fully saturated rings. The van der Waals surface area contributed by atoms with Gasteiger partial charge in [-0.05, 0) is 43.7 Å². The Hall–Kier alpha value is -3.52. The van der Waals surface area contributed by atoms with Crippen LogP contribution in [0.1, 0.15) is 36.9 Å². The van der Waals surface area contributed by atoms with Gasteiger partial charge in [-0.2, -0.15) is 9.40 Å². The SMILES string of the molecule is Cn1cc(S(=O)(=O)N2CC(C(=O)NC(CNC(=O)CCCCc3ccc4c(n3)NCCC4)C(=O)O)C2)cn1. The van der Waals surface area contributed by atoms with E-state index in [0.29, 0.717) is 6.42 Å². The van der Waals surface area contributed by atoms with Gasteiger partial charge in [0.15, 0.2) is 0 Å². The van der Waals surface area contributed by atoms with E-state index >= 15 is 0 Å². The molecule has 4 rings (SSSR count). The number of aromatic nitrogens is 3. The van der Waals surface area contributed by atoms with Crippen molar-refractivity contribution in [3.8, 4) is 0 Å². The van der Waals surface area contributed by atoms with Crippen molar-refractivity contribution in [3.05, 3.63) is 35.8 Å². The summed E-state index contributed by atoms with van der Waals surface area (Å²) in [4.78, 5) is 41.0. The molecule has 0 saturated carbocycles. The molecule has 2 amide bonds. The van der Waals surface area contributed by atoms with Crippen LogP contribution in [-0.2, 0) is 44.3 Å². The van der Waals surface area contributed by atoms with Crippen molar-refractivity contribution < 1.29 is 27.9 Å². The molecule has 0 aliphatic carbocycles. The van der Waals surface area contributed by atoms with Gasteiger partial charge in [-0.25, -0.2) is 18.2 Å². The fraction of sp³-hybridized carbons (Fsp3) is 0.542. The van der Waals surface area contributed by atoms with Crippen LogP contribution in [0.25, 0.3) is 0 Å². The number of carbonyl (C=O) groups excluding carboxylic acids is 2. The van der Waals surface area contributed by atoms with Crippen LogP contribution in [0.5, 0.6) is 0 Å². The Morgan fingerprint density at radius 3 is 2.74 bits per heavy atom. The highest BCUT2D eigenvalue weighted by Crippen LogP contribution is 2.25. The molecule has 14 heteroatoms. The lowest BCUT2D eigenvalue weighted by molar-refractivity contribution is -0.143. The maximum atomic E-state index is 12.5. The molecule has 2 aliphatic heterocycles. The minimum Gasteiger partial charge on any atom is -0.480 e. The van der Waals surface area contributed by atoms with Crippen LogP contribution in [0.2, 0.25) is 0 Å². The molecule has 4 heterocycles. The highest BCUT2D eigenvalue weighted by atomic mass is 32.2. The predicted molar refractivity (Wildman–Crippen MR) is 137 cm³/mol. The number of carboxylic acids is 1. The first-order valence-electron chi connectivity index (χ1n) is 12.6. The molecule has 4 N–H and O–H groups in total. The lowest BCUT2D eigenvalue weighted by Gasteiger charge is -2.37. The molecule has 13 nitrogen and oxygen atoms in total. The molecule has 0 radical (unpaired) electrons. The Morgan fingerprint density at radius 1 is 1.24 bits per heavy atom. The highest BCUT2D eigenvalue weighted by molar-refractivity contribution is 7.89. The minimum atomic E-state index is -3.76. The van der Waals surface area contributed by atoms with E-state index in [4.69, 9.17) is 0 Å². The minimum absolute atomic E-state index is 0.0286. The average Bonchev–Trinajstić information content (AvgIpc) is 3.30. The van der Waals surface area contributed by atoms with Crippen molar-refractivity contribution >= 4 is 33.6 Å². The monoisotopic (exact) mass is 547 g/mol. The number of hydrogen-bond acceptors (Lipinski definition) is 8. The van der Waals surface area contributed by atoms with Crippen LogP contribution in [0.4, 0.5) is 5.82 Å². The molecule has 2 aliphatic rings. The lowest BCUT2D eigenvalue weighted by atomic mass is 10.0. The van der Waals surface area contributed by atoms with E-state index in [1.807, 2.05) is 6.07 Å². The van der Waals surface area contributed by atoms with Gasteiger partial charge in [0.1, 0.15) is 16.8 Å². The highest BCUT2D eigenvalue weighted by Gasteiger charge is 2.41. The summed E-state index contributed by atoms with van der Waals surface area (Å²) in [6, 6.07) is 2.79. The van der Waals surface area contributed by atoms with Crippen LogP contribution >= 0.6 is 0 Å². The Kier molecular flexibility index (Phi) is 8.62. The first kappa shape index (κ1) is 27.5. The summed E-state index contributed by atoms with van der Waals surface area (Å²) >= 11 is 0. The third kappa shape index (κ3) is 6.67. The maximum absolute atomic E-state index is 12.5. The Bertz CT molecular complexity index is 1290. The van der Waals surface area contributed by atoms with E-state index < -0.39 is 33.9 Å². The summed E-state index contributed by atoms with van der Waals surface area (Å²) in [6.45, 7) is 0.546. The normalized spacial score (nSPS) is 16.6. The average molecular weight is 548 g/mol. The third-order valence-electron chi connectivity index (χ3n) is 6.69. The van der Waals surface area contributed by atoms with Gasteiger partial charge in [-0.15, -0.1) is 0 Å². The summed E-state index contributed by atoms with van der Waals surface area (Å²) in [5.74, 6) is -1.89. The topological polar surface area (TPSA) is 176 Å². The smallest absolute Gasteiger partial charge is 0.328 e. The van der Waals surface area contributed by atoms with Crippen molar-refractivity contribution in [2.45, 2.75) is 49.5 Å². The lowest BCUT2D eigenvalue weighted by Crippen LogP contribution is -2.58. The number of carboxylic acid groups (broad SMARTS) is 1. The van der Waals surface area contributed by atoms with Crippen molar-refractivity contribution in [3.63, 3.8) is 0 Å². The molecule has 0 spiro atoms. The number of aryl methyl sites for hydroxylation is 3. The second-order valence-corrected chi connectivity index (χ2v) is 11.6. The molecule has 2 aromatic rings. The van der Waals surface area contributed by atoms with Gasteiger partial charge in [0, 0.05) is 51.5 Å². The number of nitrogens with one attached hydrogen (secondary N) is 3. The fourth-order valence-electron chi connectivity index (χ4n) is 4.37. The van der Waals surface area contributed by atoms with Gasteiger partial charge in [-0.3, -0.25) is 14.3 Å². The summed E-state index contributed by atoms with van der Waals surface area (Å²) in [7, 11) is -2.16. The number of nitrogens with zero attached hydrogens (tertiary/aromatic N) is 4. The van der Waals surface area contributed by atoms with E-state index in [1.165, 1.54) is 22.6 Å². The van der Waals surface area contributed by atoms with E-state index in [0.717, 1.165) is 48.0 Å². The predicted octanol–water partition coefficient (Wildman–Crippen LogP) is -0.108. The molecule has 0 bridgehead atoms. The Morgan fingerprint density at radius 2 is 2.03 bits per heavy atom. The van der Waals surface area contributed by atoms with Gasteiger partial charge in [-0.1, -0.05) is 6.07 Å². The van der Waals surface area contributed by atoms with Gasteiger partial charge in [0.25, 0.3) is 0 Å². The number of rotatable bonds is 12. The van der Waals surface area contributed by atoms with Gasteiger partial charge >= 0.3 is 5.97 Å². The number of sulfonamides is 1. The van der Waals surface area contributed by atoms with Gasteiger partial charge < -0.3 is 21.1 Å². The van der Waals surface area contributed by atoms with Crippen molar-refractivity contribution in [2.75, 3.05) is 31.5 Å². The van der Waals surface area contributed by atoms with Crippen LogP contribution in [0.15, 0.2) is 29.4 Å². The van der Waals surface area contributed by atoms with Crippen molar-refractivity contribution in [2.24, 2.45) is 13.0 Å². The van der Waals surface area contributed by atoms with Crippen LogP contribution in [-0.4, -0.2) is 82.6 Å². The summed E-state index contributed by atoms with van der Waals surface area (Å²) in [5, 5.41) is 21.6. The molecule has 2 aromatic heterocycles. The molecule has 1 unspecified atom stereocenters. The second-order valence-electron chi connectivity index (χ2n) is 9.62. The standard InChI is InChI=1S/C24H33N7O6S/c1-30-15-19(11-27-30)38(36,37)31-13-17(14-31)23(33)29-20(24(34)35)12-26-21(32)7-3-2-6-18-9-8-16-5-4-10-25-22(16)28-18/h8-9,11,15,17,20H,2-7,10,12-14H2,1H3,(H,25,28)(H,26,32)(H,29,33)(H,34,35). The zero-order valence-corrected chi connectivity index (χ0v) is 22.0. The number of aliphatic carboxylic acids is 1. The van der Waals surface area contributed by atoms with E-state index in [2.05, 4.69) is 32.1 Å². The number of hydrogen-bond donors (Lipinski definition) is 4. The Labute approximate surface area is 221 Å². The molecular weight excluding hydrogens is 514 g/mol. The first-order valence-corrected chi connectivity index (χ1v) is 14.1. The summed E-state index contributed by atoms with van der Waals surface area (Å²) in [5.41, 5.74) is 2.19. The molecule has 1 saturated heterocycles. The maximum Gasteiger partial charge on any atom is 0.328 e. The number of anilines is 1. The molecular formula is C24H33N7O6S. The quantitative estimate of drug-likeness (QED) is 0.264. The van der Waals surface area contributed by atoms with E-state index in [1.54, 1.807) is 7.05 Å². The van der Waals surface area contributed by atoms with Crippen LogP contribution in [0, 0.1) is 5.92 Å². The number of amides is 2. The molecule has 38 heavy (non-hydrogen) atoms. The van der Waals surface area contributed by atoms with Crippen LogP contribution in [0.3, 0.4) is 0 Å². The first-order chi connectivity index (χ1) is 18.1. The number of unbranched alkanes of at least 4 members (excludes halogenated alkanes) is 1. The van der Waals surface area contributed by atoms with E-state index in [9.17, 15) is 27.9 Å². The fourth-order valence-corrected chi connectivity index (χ4v) is 5.89. The number of carbonyl (C=O) groups is 3. The zero-order chi connectivity index (χ0) is 27.3. The number of fused-ring (bicyclic) bond motifs is 1. The van der Waals surface area contributed by atoms with E-state index in [-0.39, 0.29) is 36.9 Å². The summed E-state index contributed by atoms with van der Waals surface area (Å²) in [6.07, 6.45) is 7.08. The van der Waals surface area contributed by atoms with Crippen molar-refractivity contribution in [1.82, 2.24) is 29.7 Å². The second kappa shape index (κ2) is 11.9. The zero-order valence-electron chi connectivity index (χ0n) is 21.2. The van der Waals surface area contributed by atoms with Crippen LogP contribution < -0.4 is 16.0 Å². The molecule has 206 valence electrons. The molecule has 0 aromatic carbocycles. The molecule has 1 atom stereocenters. The largest absolute Gasteiger partial charge is 0.480 e. The Balaban J connectivity index is 1.15. The third-order valence-corrected chi connectivity index (χ3v) is 8.48.